The topological polar surface area (TPSA) is 42.7 Å². The van der Waals surface area contributed by atoms with Crippen LogP contribution in [0.2, 0.25) is 5.15 Å². The molecule has 1 saturated heterocycles. The molecule has 2 aromatic rings. The Labute approximate surface area is 104 Å². The Morgan fingerprint density at radius 3 is 2.82 bits per heavy atom. The molecule has 2 aromatic heterocycles. The minimum Gasteiger partial charge on any atom is -0.378 e. The molecular weight excluding hydrogens is 240 g/mol. The number of hydrogen-bond acceptors (Lipinski definition) is 4. The van der Waals surface area contributed by atoms with E-state index in [9.17, 15) is 0 Å². The van der Waals surface area contributed by atoms with Crippen molar-refractivity contribution >= 4 is 23.2 Å². The quantitative estimate of drug-likeness (QED) is 0.722. The van der Waals surface area contributed by atoms with E-state index in [4.69, 9.17) is 16.3 Å². The fourth-order valence-electron chi connectivity index (χ4n) is 2.07. The lowest BCUT2D eigenvalue weighted by Crippen LogP contribution is -2.37. The van der Waals surface area contributed by atoms with Crippen molar-refractivity contribution in [1.82, 2.24) is 14.4 Å². The van der Waals surface area contributed by atoms with Gasteiger partial charge in [-0.15, -0.1) is 0 Å². The average molecular weight is 253 g/mol. The van der Waals surface area contributed by atoms with Crippen LogP contribution in [0, 0.1) is 6.92 Å². The molecule has 0 spiro atoms. The van der Waals surface area contributed by atoms with Crippen molar-refractivity contribution in [2.45, 2.75) is 6.92 Å². The van der Waals surface area contributed by atoms with Crippen LogP contribution < -0.4 is 4.90 Å². The standard InChI is InChI=1S/C11H13ClN4O/c1-8-7-16-10(15-2-4-17-5-3-15)6-9(12)14-11(16)13-8/h6-7H,2-5H2,1H3. The van der Waals surface area contributed by atoms with E-state index < -0.39 is 0 Å². The van der Waals surface area contributed by atoms with E-state index in [-0.39, 0.29) is 0 Å². The number of imidazole rings is 1. The summed E-state index contributed by atoms with van der Waals surface area (Å²) in [5, 5.41) is 0.476. The van der Waals surface area contributed by atoms with Gasteiger partial charge in [0.1, 0.15) is 11.0 Å². The Kier molecular flexibility index (Phi) is 2.64. The third-order valence-corrected chi connectivity index (χ3v) is 3.04. The number of fused-ring (bicyclic) bond motifs is 1. The van der Waals surface area contributed by atoms with Crippen LogP contribution in [0.3, 0.4) is 0 Å². The third-order valence-electron chi connectivity index (χ3n) is 2.84. The van der Waals surface area contributed by atoms with E-state index in [1.54, 1.807) is 0 Å². The van der Waals surface area contributed by atoms with E-state index in [2.05, 4.69) is 14.9 Å². The first-order valence-corrected chi connectivity index (χ1v) is 5.97. The zero-order chi connectivity index (χ0) is 11.8. The first-order valence-electron chi connectivity index (χ1n) is 5.59. The molecule has 3 heterocycles. The van der Waals surface area contributed by atoms with Crippen molar-refractivity contribution in [2.24, 2.45) is 0 Å². The summed E-state index contributed by atoms with van der Waals surface area (Å²) in [6.07, 6.45) is 1.98. The Hall–Kier alpha value is -1.33. The summed E-state index contributed by atoms with van der Waals surface area (Å²) in [5.74, 6) is 1.68. The van der Waals surface area contributed by atoms with Crippen LogP contribution in [0.25, 0.3) is 5.78 Å². The SMILES string of the molecule is Cc1cn2c(N3CCOCC3)cc(Cl)nc2n1. The second-order valence-corrected chi connectivity index (χ2v) is 4.48. The summed E-state index contributed by atoms with van der Waals surface area (Å²) in [7, 11) is 0. The van der Waals surface area contributed by atoms with Crippen molar-refractivity contribution in [3.8, 4) is 0 Å². The van der Waals surface area contributed by atoms with Crippen LogP contribution in [0.15, 0.2) is 12.3 Å². The fourth-order valence-corrected chi connectivity index (χ4v) is 2.25. The van der Waals surface area contributed by atoms with Gasteiger partial charge in [0.25, 0.3) is 0 Å². The number of halogens is 1. The van der Waals surface area contributed by atoms with Gasteiger partial charge in [-0.1, -0.05) is 11.6 Å². The second kappa shape index (κ2) is 4.16. The number of anilines is 1. The van der Waals surface area contributed by atoms with Gasteiger partial charge in [0.2, 0.25) is 5.78 Å². The van der Waals surface area contributed by atoms with E-state index >= 15 is 0 Å². The summed E-state index contributed by atoms with van der Waals surface area (Å²) in [5.41, 5.74) is 0.939. The maximum atomic E-state index is 6.03. The Bertz CT molecular complexity index is 548. The number of hydrogen-bond donors (Lipinski definition) is 0. The molecule has 3 rings (SSSR count). The van der Waals surface area contributed by atoms with Crippen molar-refractivity contribution in [1.29, 1.82) is 0 Å². The number of nitrogens with zero attached hydrogens (tertiary/aromatic N) is 4. The lowest BCUT2D eigenvalue weighted by Gasteiger charge is -2.29. The summed E-state index contributed by atoms with van der Waals surface area (Å²) >= 11 is 6.03. The van der Waals surface area contributed by atoms with Gasteiger partial charge in [0, 0.05) is 25.4 Å². The number of morpholine rings is 1. The fraction of sp³-hybridized carbons (Fsp3) is 0.455. The minimum atomic E-state index is 0.476. The molecule has 90 valence electrons. The predicted molar refractivity (Wildman–Crippen MR) is 65.8 cm³/mol. The molecule has 0 unspecified atom stereocenters. The van der Waals surface area contributed by atoms with Crippen molar-refractivity contribution in [3.05, 3.63) is 23.1 Å². The third kappa shape index (κ3) is 1.96. The molecule has 0 bridgehead atoms. The van der Waals surface area contributed by atoms with Crippen molar-refractivity contribution in [3.63, 3.8) is 0 Å². The molecule has 0 aliphatic carbocycles. The van der Waals surface area contributed by atoms with Crippen LogP contribution in [-0.2, 0) is 4.74 Å². The largest absolute Gasteiger partial charge is 0.378 e. The molecule has 0 aromatic carbocycles. The number of ether oxygens (including phenoxy) is 1. The number of aryl methyl sites for hydroxylation is 1. The highest BCUT2D eigenvalue weighted by atomic mass is 35.5. The molecule has 0 amide bonds. The van der Waals surface area contributed by atoms with Crippen LogP contribution >= 0.6 is 11.6 Å². The monoisotopic (exact) mass is 252 g/mol. The van der Waals surface area contributed by atoms with Gasteiger partial charge in [-0.3, -0.25) is 4.40 Å². The summed E-state index contributed by atoms with van der Waals surface area (Å²) in [4.78, 5) is 10.8. The normalized spacial score (nSPS) is 16.7. The molecule has 1 aliphatic rings. The van der Waals surface area contributed by atoms with Crippen LogP contribution in [0.4, 0.5) is 5.82 Å². The Morgan fingerprint density at radius 2 is 2.06 bits per heavy atom. The van der Waals surface area contributed by atoms with Crippen LogP contribution in [-0.4, -0.2) is 40.7 Å². The minimum absolute atomic E-state index is 0.476. The van der Waals surface area contributed by atoms with Gasteiger partial charge in [-0.25, -0.2) is 9.97 Å². The molecular formula is C11H13ClN4O. The highest BCUT2D eigenvalue weighted by Gasteiger charge is 2.16. The number of rotatable bonds is 1. The molecule has 0 saturated carbocycles. The molecule has 6 heteroatoms. The van der Waals surface area contributed by atoms with Gasteiger partial charge >= 0.3 is 0 Å². The summed E-state index contributed by atoms with van der Waals surface area (Å²) in [6.45, 7) is 5.18. The van der Waals surface area contributed by atoms with Gasteiger partial charge in [-0.2, -0.15) is 0 Å². The molecule has 1 aliphatic heterocycles. The molecule has 17 heavy (non-hydrogen) atoms. The number of aromatic nitrogens is 3. The Balaban J connectivity index is 2.12. The van der Waals surface area contributed by atoms with Gasteiger partial charge in [0.15, 0.2) is 0 Å². The van der Waals surface area contributed by atoms with E-state index in [1.165, 1.54) is 0 Å². The average Bonchev–Trinajstić information content (AvgIpc) is 2.69. The van der Waals surface area contributed by atoms with Gasteiger partial charge in [0.05, 0.1) is 18.9 Å². The van der Waals surface area contributed by atoms with Gasteiger partial charge in [-0.05, 0) is 6.92 Å². The molecule has 5 nitrogen and oxygen atoms in total. The molecule has 1 fully saturated rings. The molecule has 0 atom stereocenters. The predicted octanol–water partition coefficient (Wildman–Crippen LogP) is 1.53. The highest BCUT2D eigenvalue weighted by Crippen LogP contribution is 2.21. The van der Waals surface area contributed by atoms with Crippen molar-refractivity contribution in [2.75, 3.05) is 31.2 Å². The van der Waals surface area contributed by atoms with E-state index in [1.807, 2.05) is 23.6 Å². The maximum Gasteiger partial charge on any atom is 0.237 e. The van der Waals surface area contributed by atoms with Crippen molar-refractivity contribution < 1.29 is 4.74 Å². The van der Waals surface area contributed by atoms with E-state index in [0.29, 0.717) is 10.9 Å². The summed E-state index contributed by atoms with van der Waals surface area (Å²) in [6, 6.07) is 1.88. The first-order chi connectivity index (χ1) is 8.24. The van der Waals surface area contributed by atoms with Crippen LogP contribution in [0.5, 0.6) is 0 Å². The highest BCUT2D eigenvalue weighted by molar-refractivity contribution is 6.29. The zero-order valence-corrected chi connectivity index (χ0v) is 10.3. The zero-order valence-electron chi connectivity index (χ0n) is 9.56. The van der Waals surface area contributed by atoms with Crippen LogP contribution in [0.1, 0.15) is 5.69 Å². The first kappa shape index (κ1) is 10.8. The lowest BCUT2D eigenvalue weighted by atomic mass is 10.4. The molecule has 0 N–H and O–H groups in total. The Morgan fingerprint density at radius 1 is 1.29 bits per heavy atom. The van der Waals surface area contributed by atoms with Gasteiger partial charge < -0.3 is 9.64 Å². The summed E-state index contributed by atoms with van der Waals surface area (Å²) < 4.78 is 7.33. The molecule has 0 radical (unpaired) electrons. The maximum absolute atomic E-state index is 6.03. The lowest BCUT2D eigenvalue weighted by molar-refractivity contribution is 0.122. The second-order valence-electron chi connectivity index (χ2n) is 4.09. The van der Waals surface area contributed by atoms with E-state index in [0.717, 1.165) is 37.8 Å². The smallest absolute Gasteiger partial charge is 0.237 e.